The smallest absolute Gasteiger partial charge is 0.411 e. The lowest BCUT2D eigenvalue weighted by Crippen LogP contribution is -2.52. The van der Waals surface area contributed by atoms with E-state index in [1.165, 1.54) is 17.2 Å². The minimum Gasteiger partial charge on any atom is -0.490 e. The molecule has 4 aliphatic heterocycles. The summed E-state index contributed by atoms with van der Waals surface area (Å²) in [7, 11) is -5.82. The summed E-state index contributed by atoms with van der Waals surface area (Å²) in [6, 6.07) is 40.1. The summed E-state index contributed by atoms with van der Waals surface area (Å²) < 4.78 is 65.7. The first-order valence-electron chi connectivity index (χ1n) is 52.3. The van der Waals surface area contributed by atoms with Gasteiger partial charge in [0, 0.05) is 27.2 Å². The van der Waals surface area contributed by atoms with Gasteiger partial charge < -0.3 is 67.0 Å². The van der Waals surface area contributed by atoms with Crippen LogP contribution in [0.25, 0.3) is 22.8 Å². The fraction of sp³-hybridized carbons (Fsp3) is 0.591. The maximum atomic E-state index is 13.6. The summed E-state index contributed by atoms with van der Waals surface area (Å²) in [6.45, 7) is 65.8. The number of nitrogens with two attached hydrogens (primary N) is 1. The molecule has 8 atom stereocenters. The number of fused-ring (bicyclic) bond motifs is 8. The van der Waals surface area contributed by atoms with Gasteiger partial charge in [0.2, 0.25) is 5.82 Å². The third kappa shape index (κ3) is 26.0. The van der Waals surface area contributed by atoms with Crippen molar-refractivity contribution in [1.82, 2.24) is 29.7 Å². The summed E-state index contributed by atoms with van der Waals surface area (Å²) in [6.07, 6.45) is 12.1. The van der Waals surface area contributed by atoms with Crippen LogP contribution >= 0.6 is 15.9 Å². The number of nitrogens with zero attached hydrogens (tertiary/aromatic N) is 10. The Hall–Kier alpha value is -10.7. The lowest BCUT2D eigenvalue weighted by molar-refractivity contribution is -0.120. The SMILES string of the molecule is CC(C)(C)OC(=O)N1C(CO[Si](C)(C)C(C)(C)C)CCC12CCc1c(Br)cccc12.CC(C)(C)OC(=O)N1C(CO[Si](C)(C)C(C)(C)C)CCC12CCc1c(C#N)cccc12.CC(C)(C)OC(=O)N1C(CO[Si](C)(C)C(C)(C)C)CCC12CCc1c(C(N)=NO)cccc12.CC(C)Oc1ccc(-c2nc(-c3cccc4c3CCC43CCC(CO)N3C(=O)OC(C)(C)C)no2)cc1C#N.CC(C)Oc1ccc(OC=O)cc1C#N. The maximum Gasteiger partial charge on any atom is 0.411 e. The number of oxime groups is 1. The van der Waals surface area contributed by atoms with Crippen molar-refractivity contribution in [3.05, 3.63) is 180 Å². The molecule has 0 saturated carbocycles. The highest BCUT2D eigenvalue weighted by Gasteiger charge is 2.60. The Balaban J connectivity index is 0.000000180. The number of hydrogen-bond acceptors (Lipinski definition) is 24. The molecule has 33 heteroatoms. The lowest BCUT2D eigenvalue weighted by Gasteiger charge is -2.42. The monoisotopic (exact) mass is 2150 g/mol. The van der Waals surface area contributed by atoms with E-state index in [-0.39, 0.29) is 87.8 Å². The molecular formula is C115H162BrN11O18Si3. The summed E-state index contributed by atoms with van der Waals surface area (Å²) in [5.41, 5.74) is 14.6. The highest BCUT2D eigenvalue weighted by Crippen LogP contribution is 2.59. The number of likely N-dealkylation sites (tertiary alicyclic amines) is 4. The molecule has 5 heterocycles. The highest BCUT2D eigenvalue weighted by atomic mass is 79.9. The van der Waals surface area contributed by atoms with Crippen molar-refractivity contribution in [3.8, 4) is 58.3 Å². The van der Waals surface area contributed by atoms with E-state index in [4.69, 9.17) is 57.2 Å². The van der Waals surface area contributed by atoms with Crippen LogP contribution < -0.4 is 19.9 Å². The summed E-state index contributed by atoms with van der Waals surface area (Å²) in [5.74, 6) is 2.18. The van der Waals surface area contributed by atoms with Crippen molar-refractivity contribution < 1.29 is 85.2 Å². The molecule has 15 rings (SSSR count). The number of hydrogen-bond donors (Lipinski definition) is 3. The average molecular weight is 2150 g/mol. The van der Waals surface area contributed by atoms with Gasteiger partial charge in [0.25, 0.3) is 12.4 Å². The molecule has 1 aromatic heterocycles. The van der Waals surface area contributed by atoms with Crippen LogP contribution in [0.2, 0.25) is 54.4 Å². The van der Waals surface area contributed by atoms with E-state index in [0.29, 0.717) is 78.4 Å². The molecule has 0 bridgehead atoms. The Morgan fingerprint density at radius 1 is 0.480 bits per heavy atom. The Morgan fingerprint density at radius 2 is 0.831 bits per heavy atom. The average Bonchev–Trinajstić information content (AvgIpc) is 1.57. The molecule has 4 spiro atoms. The number of aliphatic hydroxyl groups is 1. The molecule has 148 heavy (non-hydrogen) atoms. The van der Waals surface area contributed by atoms with Gasteiger partial charge in [-0.05, 0) is 355 Å². The van der Waals surface area contributed by atoms with Gasteiger partial charge in [-0.15, -0.1) is 0 Å². The Labute approximate surface area is 889 Å². The van der Waals surface area contributed by atoms with Gasteiger partial charge in [0.15, 0.2) is 30.8 Å². The topological polar surface area (TPSA) is 380 Å². The standard InChI is InChI=1S/C30H34N4O5.C25H41N3O4Si.C25H38N2O3Si.C24H38BrNO3Si.C11H11NO3/c1-18(2)37-25-10-9-19(15-20(25)16-31)27-32-26(33-39-27)23-7-6-8-24-22(23)12-14-30(24)13-11-21(17-35)34(30)28(36)38-29(3,4)5;1-23(2,3)32-22(29)28-17(16-31-33(7,8)24(4,5)6)12-14-25(28)15-13-18-19(21(26)27-30)10-9-11-20(18)25;1-23(2,3)30-22(28)27-19(17-29-31(7,8)24(4,5)6)12-14-25(27)15-13-20-18(16-26)10-9-11-21(20)25;1-22(2,3)29-21(27)26-17(16-28-30(7,8)23(4,5)6)12-14-24(26)15-13-18-19(24)10-9-11-20(18)25;1-8(2)15-11-4-3-10(14-7-13)5-9(11)6-12/h6-10,15,18,21,35H,11-14,17H2,1-5H3;9-11,17,30H,12-16H2,1-8H3,(H2,26,27);9-11,19H,12-15,17H2,1-8H3;9-11,17H,12-16H2,1-8H3;3-5,7-8H,1-2H3. The van der Waals surface area contributed by atoms with E-state index in [1.54, 1.807) is 35.2 Å². The number of carbonyl (C=O) groups is 5. The Bertz CT molecular complexity index is 6110. The Morgan fingerprint density at radius 3 is 1.22 bits per heavy atom. The summed E-state index contributed by atoms with van der Waals surface area (Å²) in [4.78, 5) is 76.5. The molecule has 8 unspecified atom stereocenters. The summed E-state index contributed by atoms with van der Waals surface area (Å²) in [5, 5.41) is 55.3. The molecule has 4 aliphatic carbocycles. The predicted octanol–water partition coefficient (Wildman–Crippen LogP) is 26.0. The number of rotatable bonds is 19. The lowest BCUT2D eigenvalue weighted by atomic mass is 9.88. The zero-order valence-electron chi connectivity index (χ0n) is 93.4. The largest absolute Gasteiger partial charge is 0.490 e. The molecule has 4 amide bonds. The van der Waals surface area contributed by atoms with Crippen LogP contribution in [-0.4, -0.2) is 187 Å². The number of aromatic nitrogens is 2. The van der Waals surface area contributed by atoms with Crippen LogP contribution in [0.4, 0.5) is 19.2 Å². The first-order valence-corrected chi connectivity index (χ1v) is 61.8. The van der Waals surface area contributed by atoms with Gasteiger partial charge in [0.05, 0.1) is 108 Å². The molecule has 804 valence electrons. The van der Waals surface area contributed by atoms with Gasteiger partial charge in [-0.25, -0.2) is 19.2 Å². The third-order valence-electron chi connectivity index (χ3n) is 31.1. The van der Waals surface area contributed by atoms with Crippen LogP contribution in [0.15, 0.2) is 123 Å². The fourth-order valence-electron chi connectivity index (χ4n) is 21.0. The van der Waals surface area contributed by atoms with Crippen molar-refractivity contribution in [2.24, 2.45) is 10.9 Å². The van der Waals surface area contributed by atoms with Crippen LogP contribution in [0, 0.1) is 34.0 Å². The fourth-order valence-corrected chi connectivity index (χ4v) is 24.7. The van der Waals surface area contributed by atoms with Gasteiger partial charge in [-0.1, -0.05) is 149 Å². The number of nitriles is 3. The van der Waals surface area contributed by atoms with Crippen molar-refractivity contribution in [1.29, 1.82) is 15.8 Å². The number of aliphatic hydroxyl groups excluding tert-OH is 1. The van der Waals surface area contributed by atoms with Gasteiger partial charge >= 0.3 is 24.4 Å². The predicted molar refractivity (Wildman–Crippen MR) is 584 cm³/mol. The van der Waals surface area contributed by atoms with Crippen molar-refractivity contribution >= 4 is 77.6 Å². The molecular weight excluding hydrogens is 1990 g/mol. The zero-order chi connectivity index (χ0) is 110. The van der Waals surface area contributed by atoms with E-state index < -0.39 is 70.1 Å². The minimum absolute atomic E-state index is 0.00469. The molecule has 4 N–H and O–H groups in total. The van der Waals surface area contributed by atoms with E-state index in [2.05, 4.69) is 186 Å². The first-order chi connectivity index (χ1) is 68.8. The van der Waals surface area contributed by atoms with Gasteiger partial charge in [-0.2, -0.15) is 20.8 Å². The van der Waals surface area contributed by atoms with E-state index in [1.807, 2.05) is 168 Å². The molecule has 7 aromatic rings. The second kappa shape index (κ2) is 45.5. The number of amides is 4. The van der Waals surface area contributed by atoms with Crippen LogP contribution in [0.3, 0.4) is 0 Å². The second-order valence-corrected chi connectivity index (χ2v) is 64.9. The number of benzene rings is 6. The molecule has 4 fully saturated rings. The molecule has 0 radical (unpaired) electrons. The number of carbonyl (C=O) groups excluding carboxylic acids is 5. The Kier molecular flexibility index (Phi) is 36.1. The van der Waals surface area contributed by atoms with Crippen molar-refractivity contribution in [2.45, 2.75) is 411 Å². The molecule has 6 aromatic carbocycles. The van der Waals surface area contributed by atoms with Crippen molar-refractivity contribution in [3.63, 3.8) is 0 Å². The van der Waals surface area contributed by atoms with E-state index in [9.17, 15) is 44.8 Å². The molecule has 8 aliphatic rings. The zero-order valence-corrected chi connectivity index (χ0v) is 98.0. The van der Waals surface area contributed by atoms with E-state index >= 15 is 0 Å². The summed E-state index contributed by atoms with van der Waals surface area (Å²) >= 11 is 3.72. The molecule has 4 saturated heterocycles. The van der Waals surface area contributed by atoms with Crippen molar-refractivity contribution in [2.75, 3.05) is 26.4 Å². The minimum atomic E-state index is -1.97. The van der Waals surface area contributed by atoms with E-state index in [0.717, 1.165) is 151 Å². The van der Waals surface area contributed by atoms with Crippen LogP contribution in [0.1, 0.15) is 317 Å². The first kappa shape index (κ1) is 118. The number of halogens is 1. The third-order valence-corrected chi connectivity index (χ3v) is 45.3. The van der Waals surface area contributed by atoms with Crippen LogP contribution in [0.5, 0.6) is 17.2 Å². The normalized spacial score (nSPS) is 21.6. The quantitative estimate of drug-likeness (QED) is 0.0129. The number of ether oxygens (including phenoxy) is 7. The number of amidine groups is 1. The van der Waals surface area contributed by atoms with Gasteiger partial charge in [-0.3, -0.25) is 24.4 Å². The van der Waals surface area contributed by atoms with Gasteiger partial charge in [0.1, 0.15) is 51.8 Å². The maximum absolute atomic E-state index is 13.6. The van der Waals surface area contributed by atoms with Crippen LogP contribution in [-0.2, 0) is 84.9 Å². The molecule has 29 nitrogen and oxygen atoms in total. The second-order valence-electron chi connectivity index (χ2n) is 49.6. The highest BCUT2D eigenvalue weighted by molar-refractivity contribution is 9.10.